The molecule has 1 aromatic carbocycles. The van der Waals surface area contributed by atoms with E-state index in [9.17, 15) is 8.42 Å². The zero-order valence-electron chi connectivity index (χ0n) is 17.3. The number of aryl methyl sites for hydroxylation is 1. The second kappa shape index (κ2) is 8.95. The molecule has 1 N–H and O–H groups in total. The Morgan fingerprint density at radius 2 is 1.89 bits per heavy atom. The highest BCUT2D eigenvalue weighted by atomic mass is 32.2. The summed E-state index contributed by atoms with van der Waals surface area (Å²) in [5.41, 5.74) is 2.45. The van der Waals surface area contributed by atoms with Crippen molar-refractivity contribution < 1.29 is 8.42 Å². The molecule has 0 aliphatic carbocycles. The average molecular weight is 395 g/mol. The molecule has 0 radical (unpaired) electrons. The molecule has 1 fully saturated rings. The fraction of sp³-hybridized carbons (Fsp3) is 0.650. The Morgan fingerprint density at radius 1 is 1.22 bits per heavy atom. The third-order valence-corrected chi connectivity index (χ3v) is 5.98. The van der Waals surface area contributed by atoms with E-state index in [1.54, 1.807) is 7.05 Å². The Labute approximate surface area is 164 Å². The van der Waals surface area contributed by atoms with Crippen molar-refractivity contribution in [1.29, 1.82) is 0 Å². The van der Waals surface area contributed by atoms with Crippen LogP contribution in [0.25, 0.3) is 0 Å². The molecule has 1 saturated heterocycles. The molecule has 1 aromatic rings. The third kappa shape index (κ3) is 7.05. The van der Waals surface area contributed by atoms with Gasteiger partial charge < -0.3 is 15.1 Å². The number of aliphatic imine (C=N–C) groups is 1. The smallest absolute Gasteiger partial charge is 0.193 e. The van der Waals surface area contributed by atoms with Gasteiger partial charge in [0, 0.05) is 51.7 Å². The summed E-state index contributed by atoms with van der Waals surface area (Å²) in [6.45, 7) is 10.8. The molecule has 6 nitrogen and oxygen atoms in total. The number of anilines is 1. The summed E-state index contributed by atoms with van der Waals surface area (Å²) < 4.78 is 22.9. The number of hydrogen-bond acceptors (Lipinski definition) is 4. The fourth-order valence-electron chi connectivity index (χ4n) is 3.20. The van der Waals surface area contributed by atoms with Crippen molar-refractivity contribution in [3.05, 3.63) is 29.8 Å². The van der Waals surface area contributed by atoms with Crippen LogP contribution >= 0.6 is 0 Å². The average Bonchev–Trinajstić information content (AvgIpc) is 2.61. The fourth-order valence-corrected chi connectivity index (χ4v) is 4.13. The van der Waals surface area contributed by atoms with Gasteiger partial charge in [-0.05, 0) is 36.5 Å². The summed E-state index contributed by atoms with van der Waals surface area (Å²) >= 11 is 0. The first-order chi connectivity index (χ1) is 12.6. The summed E-state index contributed by atoms with van der Waals surface area (Å²) in [4.78, 5) is 9.12. The quantitative estimate of drug-likeness (QED) is 0.592. The van der Waals surface area contributed by atoms with Gasteiger partial charge in [-0.1, -0.05) is 26.0 Å². The maximum Gasteiger partial charge on any atom is 0.193 e. The highest BCUT2D eigenvalue weighted by Gasteiger charge is 2.24. The Bertz CT molecular complexity index is 751. The predicted molar refractivity (Wildman–Crippen MR) is 114 cm³/mol. The lowest BCUT2D eigenvalue weighted by atomic mass is 9.90. The van der Waals surface area contributed by atoms with E-state index >= 15 is 0 Å². The number of sulfone groups is 1. The number of guanidine groups is 1. The lowest BCUT2D eigenvalue weighted by Gasteiger charge is -2.38. The van der Waals surface area contributed by atoms with Crippen molar-refractivity contribution >= 4 is 21.5 Å². The Kier molecular flexibility index (Phi) is 7.14. The molecule has 152 valence electrons. The van der Waals surface area contributed by atoms with Crippen LogP contribution in [0.1, 0.15) is 25.8 Å². The predicted octanol–water partition coefficient (Wildman–Crippen LogP) is 2.15. The first-order valence-corrected chi connectivity index (χ1v) is 11.6. The molecule has 0 aromatic heterocycles. The van der Waals surface area contributed by atoms with E-state index in [2.05, 4.69) is 65.1 Å². The van der Waals surface area contributed by atoms with Gasteiger partial charge in [-0.25, -0.2) is 8.42 Å². The highest BCUT2D eigenvalue weighted by Crippen LogP contribution is 2.21. The van der Waals surface area contributed by atoms with Crippen LogP contribution in [0.5, 0.6) is 0 Å². The summed E-state index contributed by atoms with van der Waals surface area (Å²) in [7, 11) is -1.13. The Morgan fingerprint density at radius 3 is 2.44 bits per heavy atom. The van der Waals surface area contributed by atoms with Crippen LogP contribution in [-0.2, 0) is 9.84 Å². The molecule has 7 heteroatoms. The van der Waals surface area contributed by atoms with Crippen LogP contribution in [0.3, 0.4) is 0 Å². The van der Waals surface area contributed by atoms with Gasteiger partial charge in [0.1, 0.15) is 9.84 Å². The Hall–Kier alpha value is -1.76. The molecule has 0 atom stereocenters. The minimum absolute atomic E-state index is 0.109. The summed E-state index contributed by atoms with van der Waals surface area (Å²) in [6, 6.07) is 8.63. The summed E-state index contributed by atoms with van der Waals surface area (Å²) in [5, 5.41) is 3.44. The van der Waals surface area contributed by atoms with Gasteiger partial charge in [0.05, 0.1) is 5.75 Å². The van der Waals surface area contributed by atoms with E-state index in [1.165, 1.54) is 17.5 Å². The van der Waals surface area contributed by atoms with Gasteiger partial charge >= 0.3 is 0 Å². The van der Waals surface area contributed by atoms with E-state index in [1.807, 2.05) is 0 Å². The molecule has 0 bridgehead atoms. The molecule has 0 amide bonds. The molecule has 0 spiro atoms. The van der Waals surface area contributed by atoms with Crippen molar-refractivity contribution in [2.75, 3.05) is 56.7 Å². The molecule has 1 aliphatic rings. The van der Waals surface area contributed by atoms with Gasteiger partial charge in [0.15, 0.2) is 5.96 Å². The van der Waals surface area contributed by atoms with E-state index < -0.39 is 9.84 Å². The topological polar surface area (TPSA) is 65.0 Å². The Balaban J connectivity index is 1.86. The second-order valence-electron chi connectivity index (χ2n) is 8.26. The third-order valence-electron chi connectivity index (χ3n) is 5.03. The first kappa shape index (κ1) is 21.5. The number of nitrogens with one attached hydrogen (secondary N) is 1. The molecule has 0 unspecified atom stereocenters. The zero-order valence-corrected chi connectivity index (χ0v) is 18.1. The van der Waals surface area contributed by atoms with Gasteiger partial charge in [-0.15, -0.1) is 0 Å². The number of hydrogen-bond donors (Lipinski definition) is 1. The number of benzene rings is 1. The van der Waals surface area contributed by atoms with Crippen LogP contribution in [-0.4, -0.2) is 71.1 Å². The summed E-state index contributed by atoms with van der Waals surface area (Å²) in [5.74, 6) is 1.11. The van der Waals surface area contributed by atoms with Crippen LogP contribution in [0.15, 0.2) is 29.3 Å². The van der Waals surface area contributed by atoms with E-state index in [0.717, 1.165) is 32.1 Å². The first-order valence-electron chi connectivity index (χ1n) is 9.55. The van der Waals surface area contributed by atoms with Gasteiger partial charge in [-0.2, -0.15) is 0 Å². The van der Waals surface area contributed by atoms with Crippen molar-refractivity contribution in [1.82, 2.24) is 10.2 Å². The SMILES string of the molecule is CN=C(NCC(C)(C)CCS(C)(=O)=O)N1CCN(c2cccc(C)c2)CC1. The van der Waals surface area contributed by atoms with Crippen LogP contribution in [0, 0.1) is 12.3 Å². The minimum Gasteiger partial charge on any atom is -0.368 e. The largest absolute Gasteiger partial charge is 0.368 e. The number of rotatable bonds is 6. The van der Waals surface area contributed by atoms with Gasteiger partial charge in [0.25, 0.3) is 0 Å². The van der Waals surface area contributed by atoms with E-state index in [4.69, 9.17) is 0 Å². The van der Waals surface area contributed by atoms with Crippen molar-refractivity contribution in [3.8, 4) is 0 Å². The molecular weight excluding hydrogens is 360 g/mol. The monoisotopic (exact) mass is 394 g/mol. The highest BCUT2D eigenvalue weighted by molar-refractivity contribution is 7.90. The van der Waals surface area contributed by atoms with Crippen molar-refractivity contribution in [2.24, 2.45) is 10.4 Å². The van der Waals surface area contributed by atoms with Gasteiger partial charge in [-0.3, -0.25) is 4.99 Å². The van der Waals surface area contributed by atoms with Crippen molar-refractivity contribution in [3.63, 3.8) is 0 Å². The molecule has 1 aliphatic heterocycles. The van der Waals surface area contributed by atoms with Crippen LogP contribution < -0.4 is 10.2 Å². The molecule has 1 heterocycles. The second-order valence-corrected chi connectivity index (χ2v) is 10.5. The standard InChI is InChI=1S/C20H34N4O2S/c1-17-7-6-8-18(15-17)23-10-12-24(13-11-23)19(21-4)22-16-20(2,3)9-14-27(5,25)26/h6-8,15H,9-14,16H2,1-5H3,(H,21,22). The zero-order chi connectivity index (χ0) is 20.1. The number of piperazine rings is 1. The summed E-state index contributed by atoms with van der Waals surface area (Å²) in [6.07, 6.45) is 1.93. The minimum atomic E-state index is -2.93. The maximum atomic E-state index is 11.4. The van der Waals surface area contributed by atoms with Crippen LogP contribution in [0.2, 0.25) is 0 Å². The molecular formula is C20H34N4O2S. The number of nitrogens with zero attached hydrogens (tertiary/aromatic N) is 3. The van der Waals surface area contributed by atoms with Crippen molar-refractivity contribution in [2.45, 2.75) is 27.2 Å². The van der Waals surface area contributed by atoms with E-state index in [0.29, 0.717) is 13.0 Å². The molecule has 2 rings (SSSR count). The van der Waals surface area contributed by atoms with Gasteiger partial charge in [0.2, 0.25) is 0 Å². The molecule has 0 saturated carbocycles. The lowest BCUT2D eigenvalue weighted by Crippen LogP contribution is -2.53. The maximum absolute atomic E-state index is 11.4. The van der Waals surface area contributed by atoms with E-state index in [-0.39, 0.29) is 11.2 Å². The normalized spacial score (nSPS) is 16.6. The lowest BCUT2D eigenvalue weighted by molar-refractivity contribution is 0.327. The van der Waals surface area contributed by atoms with Crippen LogP contribution in [0.4, 0.5) is 5.69 Å². The molecule has 27 heavy (non-hydrogen) atoms.